The monoisotopic (exact) mass is 472 g/mol. The molecule has 166 valence electrons. The number of fused-ring (bicyclic) bond motifs is 1. The number of H-pyrrole nitrogens is 1. The zero-order valence-electron chi connectivity index (χ0n) is 17.3. The van der Waals surface area contributed by atoms with Gasteiger partial charge in [0.2, 0.25) is 10.0 Å². The molecule has 0 atom stereocenters. The van der Waals surface area contributed by atoms with E-state index in [9.17, 15) is 8.42 Å². The predicted octanol–water partition coefficient (Wildman–Crippen LogP) is 3.51. The predicted molar refractivity (Wildman–Crippen MR) is 120 cm³/mol. The zero-order valence-corrected chi connectivity index (χ0v) is 18.8. The fourth-order valence-corrected chi connectivity index (χ4v) is 5.96. The second-order valence-electron chi connectivity index (χ2n) is 7.55. The van der Waals surface area contributed by atoms with E-state index in [1.807, 2.05) is 12.1 Å². The summed E-state index contributed by atoms with van der Waals surface area (Å²) < 4.78 is 35.1. The van der Waals surface area contributed by atoms with Gasteiger partial charge in [-0.15, -0.1) is 0 Å². The highest BCUT2D eigenvalue weighted by Gasteiger charge is 2.32. The minimum Gasteiger partial charge on any atom is -0.495 e. The Balaban J connectivity index is 1.42. The van der Waals surface area contributed by atoms with Crippen LogP contribution in [0.4, 0.5) is 0 Å². The van der Waals surface area contributed by atoms with Crippen molar-refractivity contribution in [2.24, 2.45) is 0 Å². The van der Waals surface area contributed by atoms with Crippen molar-refractivity contribution >= 4 is 32.8 Å². The van der Waals surface area contributed by atoms with Crippen molar-refractivity contribution < 1.29 is 13.2 Å². The molecule has 9 nitrogen and oxygen atoms in total. The summed E-state index contributed by atoms with van der Waals surface area (Å²) in [4.78, 5) is 16.7. The Kier molecular flexibility index (Phi) is 5.36. The number of sulfonamides is 1. The number of hydrogen-bond donors (Lipinski definition) is 1. The molecule has 5 rings (SSSR count). The van der Waals surface area contributed by atoms with Crippen LogP contribution in [0.15, 0.2) is 53.9 Å². The van der Waals surface area contributed by atoms with Crippen LogP contribution in [0, 0.1) is 0 Å². The first kappa shape index (κ1) is 20.9. The Hall–Kier alpha value is -2.95. The average Bonchev–Trinajstić information content (AvgIpc) is 3.47. The van der Waals surface area contributed by atoms with Gasteiger partial charge in [-0.2, -0.15) is 4.31 Å². The third-order valence-electron chi connectivity index (χ3n) is 5.74. The van der Waals surface area contributed by atoms with Crippen LogP contribution in [0.5, 0.6) is 5.75 Å². The van der Waals surface area contributed by atoms with Crippen LogP contribution >= 0.6 is 11.6 Å². The smallest absolute Gasteiger partial charge is 0.243 e. The molecule has 0 saturated carbocycles. The number of pyridine rings is 1. The molecule has 1 aliphatic rings. The van der Waals surface area contributed by atoms with E-state index < -0.39 is 10.0 Å². The van der Waals surface area contributed by atoms with Gasteiger partial charge >= 0.3 is 0 Å². The van der Waals surface area contributed by atoms with Crippen LogP contribution < -0.4 is 4.74 Å². The summed E-state index contributed by atoms with van der Waals surface area (Å²) in [5.41, 5.74) is 2.37. The Morgan fingerprint density at radius 1 is 1.22 bits per heavy atom. The first-order valence-electron chi connectivity index (χ1n) is 10.1. The maximum Gasteiger partial charge on any atom is 0.243 e. The third-order valence-corrected chi connectivity index (χ3v) is 7.93. The van der Waals surface area contributed by atoms with Gasteiger partial charge in [0.1, 0.15) is 17.0 Å². The summed E-state index contributed by atoms with van der Waals surface area (Å²) in [7, 11) is -2.17. The number of imidazole rings is 2. The molecule has 4 heterocycles. The van der Waals surface area contributed by atoms with Gasteiger partial charge < -0.3 is 14.3 Å². The van der Waals surface area contributed by atoms with Crippen LogP contribution in [-0.4, -0.2) is 57.4 Å². The first-order valence-corrected chi connectivity index (χ1v) is 12.0. The Morgan fingerprint density at radius 3 is 2.72 bits per heavy atom. The van der Waals surface area contributed by atoms with E-state index in [1.165, 1.54) is 23.5 Å². The van der Waals surface area contributed by atoms with E-state index in [0.717, 1.165) is 22.7 Å². The summed E-state index contributed by atoms with van der Waals surface area (Å²) in [5.74, 6) is 1.19. The Labute approximate surface area is 190 Å². The molecular weight excluding hydrogens is 452 g/mol. The van der Waals surface area contributed by atoms with Gasteiger partial charge in [-0.1, -0.05) is 11.6 Å². The highest BCUT2D eigenvalue weighted by molar-refractivity contribution is 7.89. The molecular formula is C21H21ClN6O3S. The van der Waals surface area contributed by atoms with Gasteiger partial charge in [-0.05, 0) is 43.2 Å². The first-order chi connectivity index (χ1) is 15.5. The number of piperidine rings is 1. The standard InChI is InChI=1S/C21H21ClN6O3S/c1-31-19-5-4-15(11-16(19)22)32(29,30)27-9-6-14(7-10-27)28-20-17(3-2-8-24-20)26-21(28)18-12-23-13-25-18/h2-5,8,11-14H,6-7,9-10H2,1H3,(H,23,25). The largest absolute Gasteiger partial charge is 0.495 e. The fourth-order valence-electron chi connectivity index (χ4n) is 4.14. The maximum atomic E-state index is 13.2. The molecule has 11 heteroatoms. The van der Waals surface area contributed by atoms with Gasteiger partial charge in [-0.3, -0.25) is 0 Å². The highest BCUT2D eigenvalue weighted by atomic mass is 35.5. The van der Waals surface area contributed by atoms with E-state index in [2.05, 4.69) is 19.5 Å². The molecule has 0 spiro atoms. The molecule has 0 bridgehead atoms. The summed E-state index contributed by atoms with van der Waals surface area (Å²) in [5, 5.41) is 0.267. The van der Waals surface area contributed by atoms with Gasteiger partial charge in [0.15, 0.2) is 11.5 Å². The number of aromatic amines is 1. The highest BCUT2D eigenvalue weighted by Crippen LogP contribution is 2.34. The van der Waals surface area contributed by atoms with E-state index in [-0.39, 0.29) is 16.0 Å². The molecule has 3 aromatic heterocycles. The second kappa shape index (κ2) is 8.19. The van der Waals surface area contributed by atoms with Crippen molar-refractivity contribution in [2.45, 2.75) is 23.8 Å². The topological polar surface area (TPSA) is 106 Å². The summed E-state index contributed by atoms with van der Waals surface area (Å²) in [6.07, 6.45) is 6.34. The Morgan fingerprint density at radius 2 is 2.03 bits per heavy atom. The second-order valence-corrected chi connectivity index (χ2v) is 9.89. The molecule has 1 fully saturated rings. The molecule has 0 aliphatic carbocycles. The lowest BCUT2D eigenvalue weighted by molar-refractivity contribution is 0.278. The van der Waals surface area contributed by atoms with E-state index in [1.54, 1.807) is 24.8 Å². The number of benzene rings is 1. The van der Waals surface area contributed by atoms with Crippen LogP contribution in [-0.2, 0) is 10.0 Å². The van der Waals surface area contributed by atoms with Gasteiger partial charge in [-0.25, -0.2) is 23.4 Å². The van der Waals surface area contributed by atoms with Crippen molar-refractivity contribution in [1.29, 1.82) is 0 Å². The van der Waals surface area contributed by atoms with Crippen LogP contribution in [0.1, 0.15) is 18.9 Å². The number of nitrogens with one attached hydrogen (secondary N) is 1. The van der Waals surface area contributed by atoms with Crippen molar-refractivity contribution in [2.75, 3.05) is 20.2 Å². The van der Waals surface area contributed by atoms with Gasteiger partial charge in [0.25, 0.3) is 0 Å². The lowest BCUT2D eigenvalue weighted by Crippen LogP contribution is -2.39. The molecule has 0 radical (unpaired) electrons. The van der Waals surface area contributed by atoms with E-state index in [4.69, 9.17) is 21.3 Å². The minimum absolute atomic E-state index is 0.0547. The summed E-state index contributed by atoms with van der Waals surface area (Å²) >= 11 is 6.15. The average molecular weight is 473 g/mol. The molecule has 1 aromatic carbocycles. The molecule has 4 aromatic rings. The minimum atomic E-state index is -3.66. The van der Waals surface area contributed by atoms with Crippen LogP contribution in [0.3, 0.4) is 0 Å². The quantitative estimate of drug-likeness (QED) is 0.476. The molecule has 0 unspecified atom stereocenters. The number of methoxy groups -OCH3 is 1. The van der Waals surface area contributed by atoms with Crippen molar-refractivity contribution in [3.63, 3.8) is 0 Å². The number of aromatic nitrogens is 5. The normalized spacial score (nSPS) is 15.9. The molecule has 1 aliphatic heterocycles. The number of rotatable bonds is 5. The number of hydrogen-bond acceptors (Lipinski definition) is 6. The van der Waals surface area contributed by atoms with Gasteiger partial charge in [0.05, 0.1) is 29.6 Å². The lowest BCUT2D eigenvalue weighted by Gasteiger charge is -2.32. The number of ether oxygens (including phenoxy) is 1. The molecule has 0 amide bonds. The van der Waals surface area contributed by atoms with Gasteiger partial charge in [0, 0.05) is 25.3 Å². The van der Waals surface area contributed by atoms with Crippen molar-refractivity contribution in [3.05, 3.63) is 54.1 Å². The zero-order chi connectivity index (χ0) is 22.3. The summed E-state index contributed by atoms with van der Waals surface area (Å²) in [6.45, 7) is 0.761. The molecule has 1 N–H and O–H groups in total. The fraction of sp³-hybridized carbons (Fsp3) is 0.286. The molecule has 32 heavy (non-hydrogen) atoms. The lowest BCUT2D eigenvalue weighted by atomic mass is 10.1. The van der Waals surface area contributed by atoms with E-state index in [0.29, 0.717) is 31.7 Å². The van der Waals surface area contributed by atoms with Crippen LogP contribution in [0.2, 0.25) is 5.02 Å². The third kappa shape index (κ3) is 3.54. The van der Waals surface area contributed by atoms with E-state index >= 15 is 0 Å². The van der Waals surface area contributed by atoms with Crippen molar-refractivity contribution in [1.82, 2.24) is 28.8 Å². The number of nitrogens with zero attached hydrogens (tertiary/aromatic N) is 5. The van der Waals surface area contributed by atoms with Crippen LogP contribution in [0.25, 0.3) is 22.7 Å². The molecule has 1 saturated heterocycles. The summed E-state index contributed by atoms with van der Waals surface area (Å²) in [6, 6.07) is 8.36. The van der Waals surface area contributed by atoms with Crippen molar-refractivity contribution in [3.8, 4) is 17.3 Å². The number of halogens is 1. The SMILES string of the molecule is COc1ccc(S(=O)(=O)N2CCC(n3c(-c4cnc[nH]4)nc4cccnc43)CC2)cc1Cl. The maximum absolute atomic E-state index is 13.2. The Bertz CT molecular complexity index is 1360.